The van der Waals surface area contributed by atoms with Gasteiger partial charge in [0.2, 0.25) is 0 Å². The van der Waals surface area contributed by atoms with E-state index in [0.29, 0.717) is 13.2 Å². The Bertz CT molecular complexity index is 594. The van der Waals surface area contributed by atoms with Crippen LogP contribution in [0.4, 0.5) is 4.79 Å². The van der Waals surface area contributed by atoms with Gasteiger partial charge < -0.3 is 24.6 Å². The predicted octanol–water partition coefficient (Wildman–Crippen LogP) is 3.92. The average Bonchev–Trinajstić information content (AvgIpc) is 2.68. The number of carbonyl (C=O) groups excluding carboxylic acids is 1. The number of methoxy groups -OCH3 is 1. The number of hydrogen-bond acceptors (Lipinski definition) is 6. The minimum absolute atomic E-state index is 0.0304. The molecule has 0 aromatic carbocycles. The Morgan fingerprint density at radius 2 is 1.79 bits per heavy atom. The van der Waals surface area contributed by atoms with Gasteiger partial charge in [-0.05, 0) is 18.1 Å². The van der Waals surface area contributed by atoms with Gasteiger partial charge in [-0.3, -0.25) is 4.79 Å². The number of aromatic nitrogens is 1. The van der Waals surface area contributed by atoms with E-state index in [-0.39, 0.29) is 11.6 Å². The molecule has 8 nitrogen and oxygen atoms in total. The Kier molecular flexibility index (Phi) is 12.4. The Morgan fingerprint density at radius 1 is 1.11 bits per heavy atom. The summed E-state index contributed by atoms with van der Waals surface area (Å²) >= 11 is 0. The van der Waals surface area contributed by atoms with Gasteiger partial charge in [-0.25, -0.2) is 9.78 Å². The monoisotopic (exact) mass is 396 g/mol. The second-order valence-electron chi connectivity index (χ2n) is 6.52. The summed E-state index contributed by atoms with van der Waals surface area (Å²) in [7, 11) is 1.43. The summed E-state index contributed by atoms with van der Waals surface area (Å²) in [6.07, 6.45) is 10.6. The number of ether oxygens (including phenoxy) is 3. The van der Waals surface area contributed by atoms with Crippen molar-refractivity contribution in [3.05, 3.63) is 17.8 Å². The quantitative estimate of drug-likeness (QED) is 0.433. The third-order valence-electron chi connectivity index (χ3n) is 4.08. The number of amides is 1. The molecule has 1 rings (SSSR count). The van der Waals surface area contributed by atoms with Crippen LogP contribution in [-0.2, 0) is 16.1 Å². The van der Waals surface area contributed by atoms with Crippen molar-refractivity contribution in [3.63, 3.8) is 0 Å². The summed E-state index contributed by atoms with van der Waals surface area (Å²) in [6.45, 7) is 2.77. The Morgan fingerprint density at radius 3 is 2.43 bits per heavy atom. The van der Waals surface area contributed by atoms with Gasteiger partial charge in [-0.15, -0.1) is 0 Å². The maximum absolute atomic E-state index is 11.5. The molecule has 0 fully saturated rings. The van der Waals surface area contributed by atoms with E-state index in [0.717, 1.165) is 12.0 Å². The lowest BCUT2D eigenvalue weighted by Crippen LogP contribution is -2.32. The fourth-order valence-corrected chi connectivity index (χ4v) is 2.57. The maximum atomic E-state index is 11.5. The van der Waals surface area contributed by atoms with Crippen molar-refractivity contribution < 1.29 is 28.9 Å². The Hall–Kier alpha value is -2.35. The number of rotatable bonds is 15. The zero-order valence-corrected chi connectivity index (χ0v) is 16.9. The number of carboxylic acid groups (broad SMARTS) is 1. The summed E-state index contributed by atoms with van der Waals surface area (Å²) in [5.41, 5.74) is 0.801. The normalized spacial score (nSPS) is 10.5. The number of unbranched alkanes of at least 4 members (excludes halogenated alkanes) is 7. The van der Waals surface area contributed by atoms with Gasteiger partial charge in [-0.2, -0.15) is 0 Å². The summed E-state index contributed by atoms with van der Waals surface area (Å²) < 4.78 is 15.8. The molecular weight excluding hydrogens is 364 g/mol. The number of nitrogens with one attached hydrogen (secondary N) is 1. The van der Waals surface area contributed by atoms with E-state index in [4.69, 9.17) is 19.3 Å². The van der Waals surface area contributed by atoms with Gasteiger partial charge in [-0.1, -0.05) is 51.9 Å². The van der Waals surface area contributed by atoms with Gasteiger partial charge >= 0.3 is 12.1 Å². The summed E-state index contributed by atoms with van der Waals surface area (Å²) in [6, 6.07) is 1.68. The molecule has 1 heterocycles. The minimum atomic E-state index is -1.17. The number of nitrogens with zero attached hydrogens (tertiary/aromatic N) is 1. The number of carboxylic acids is 1. The third-order valence-corrected chi connectivity index (χ3v) is 4.08. The van der Waals surface area contributed by atoms with Gasteiger partial charge in [0.05, 0.1) is 13.7 Å². The first-order valence-electron chi connectivity index (χ1n) is 9.85. The summed E-state index contributed by atoms with van der Waals surface area (Å²) in [5.74, 6) is -0.920. The van der Waals surface area contributed by atoms with E-state index in [9.17, 15) is 9.59 Å². The first kappa shape index (κ1) is 23.7. The van der Waals surface area contributed by atoms with Crippen LogP contribution in [0.15, 0.2) is 12.3 Å². The molecule has 28 heavy (non-hydrogen) atoms. The molecule has 0 atom stereocenters. The highest BCUT2D eigenvalue weighted by Crippen LogP contribution is 2.25. The van der Waals surface area contributed by atoms with Crippen molar-refractivity contribution >= 4 is 12.1 Å². The molecule has 158 valence electrons. The van der Waals surface area contributed by atoms with Crippen molar-refractivity contribution in [2.24, 2.45) is 0 Å². The van der Waals surface area contributed by atoms with Crippen LogP contribution < -0.4 is 14.8 Å². The lowest BCUT2D eigenvalue weighted by atomic mass is 10.1. The largest absolute Gasteiger partial charge is 0.491 e. The van der Waals surface area contributed by atoms with Crippen LogP contribution in [-0.4, -0.2) is 42.4 Å². The molecule has 0 saturated carbocycles. The van der Waals surface area contributed by atoms with Crippen molar-refractivity contribution in [2.75, 3.05) is 20.3 Å². The number of aliphatic carboxylic acids is 1. The SMILES string of the molecule is CCCCCCCCCCOCc1cnc(OC(=O)NCC(=O)O)c(OC)c1. The molecule has 0 bridgehead atoms. The highest BCUT2D eigenvalue weighted by molar-refractivity contribution is 5.77. The van der Waals surface area contributed by atoms with Crippen molar-refractivity contribution in [3.8, 4) is 11.6 Å². The number of carbonyl (C=O) groups is 2. The van der Waals surface area contributed by atoms with Crippen molar-refractivity contribution in [1.82, 2.24) is 10.3 Å². The van der Waals surface area contributed by atoms with Crippen LogP contribution in [0.2, 0.25) is 0 Å². The molecule has 0 aliphatic heterocycles. The lowest BCUT2D eigenvalue weighted by molar-refractivity contribution is -0.135. The molecule has 0 radical (unpaired) electrons. The molecule has 2 N–H and O–H groups in total. The zero-order valence-electron chi connectivity index (χ0n) is 16.9. The predicted molar refractivity (Wildman–Crippen MR) is 105 cm³/mol. The fourth-order valence-electron chi connectivity index (χ4n) is 2.57. The smallest absolute Gasteiger partial charge is 0.414 e. The van der Waals surface area contributed by atoms with Crippen LogP contribution >= 0.6 is 0 Å². The third kappa shape index (κ3) is 10.7. The molecule has 0 aliphatic rings. The van der Waals surface area contributed by atoms with Gasteiger partial charge in [0.15, 0.2) is 5.75 Å². The van der Waals surface area contributed by atoms with E-state index >= 15 is 0 Å². The van der Waals surface area contributed by atoms with E-state index in [1.165, 1.54) is 58.3 Å². The van der Waals surface area contributed by atoms with Crippen LogP contribution in [0.5, 0.6) is 11.6 Å². The van der Waals surface area contributed by atoms with E-state index in [2.05, 4.69) is 17.2 Å². The summed E-state index contributed by atoms with van der Waals surface area (Å²) in [4.78, 5) is 26.0. The molecule has 0 unspecified atom stereocenters. The molecule has 1 aromatic rings. The fraction of sp³-hybridized carbons (Fsp3) is 0.650. The molecule has 1 amide bonds. The topological polar surface area (TPSA) is 107 Å². The minimum Gasteiger partial charge on any atom is -0.491 e. The number of pyridine rings is 1. The molecule has 0 spiro atoms. The average molecular weight is 396 g/mol. The Balaban J connectivity index is 2.27. The molecule has 8 heteroatoms. The second kappa shape index (κ2) is 14.7. The first-order chi connectivity index (χ1) is 13.6. The molecule has 0 saturated heterocycles. The van der Waals surface area contributed by atoms with Crippen LogP contribution in [0.25, 0.3) is 0 Å². The zero-order chi connectivity index (χ0) is 20.6. The van der Waals surface area contributed by atoms with Crippen LogP contribution in [0.3, 0.4) is 0 Å². The van der Waals surface area contributed by atoms with E-state index in [1.54, 1.807) is 6.07 Å². The highest BCUT2D eigenvalue weighted by atomic mass is 16.6. The second-order valence-corrected chi connectivity index (χ2v) is 6.52. The molecule has 1 aromatic heterocycles. The Labute approximate surface area is 166 Å². The highest BCUT2D eigenvalue weighted by Gasteiger charge is 2.13. The first-order valence-corrected chi connectivity index (χ1v) is 9.85. The van der Waals surface area contributed by atoms with Gasteiger partial charge in [0.25, 0.3) is 5.88 Å². The summed E-state index contributed by atoms with van der Waals surface area (Å²) in [5, 5.41) is 10.6. The van der Waals surface area contributed by atoms with E-state index in [1.807, 2.05) is 0 Å². The van der Waals surface area contributed by atoms with E-state index < -0.39 is 18.6 Å². The van der Waals surface area contributed by atoms with Crippen LogP contribution in [0, 0.1) is 0 Å². The van der Waals surface area contributed by atoms with Gasteiger partial charge in [0, 0.05) is 12.8 Å². The lowest BCUT2D eigenvalue weighted by Gasteiger charge is -2.10. The van der Waals surface area contributed by atoms with Crippen LogP contribution in [0.1, 0.15) is 63.9 Å². The maximum Gasteiger partial charge on any atom is 0.414 e. The molecule has 0 aliphatic carbocycles. The number of hydrogen-bond donors (Lipinski definition) is 2. The standard InChI is InChI=1S/C20H32N2O6/c1-3-4-5-6-7-8-9-10-11-27-15-16-12-17(26-2)19(21-13-16)28-20(25)22-14-18(23)24/h12-13H,3-11,14-15H2,1-2H3,(H,22,25)(H,23,24). The van der Waals surface area contributed by atoms with Crippen molar-refractivity contribution in [1.29, 1.82) is 0 Å². The van der Waals surface area contributed by atoms with Gasteiger partial charge in [0.1, 0.15) is 6.54 Å². The molecular formula is C20H32N2O6. The van der Waals surface area contributed by atoms with Crippen molar-refractivity contribution in [2.45, 2.75) is 64.9 Å².